The summed E-state index contributed by atoms with van der Waals surface area (Å²) in [6.07, 6.45) is 5.13. The van der Waals surface area contributed by atoms with Gasteiger partial charge < -0.3 is 11.1 Å². The van der Waals surface area contributed by atoms with Crippen LogP contribution in [0.4, 0.5) is 10.1 Å². The summed E-state index contributed by atoms with van der Waals surface area (Å²) >= 11 is 4.96. The Morgan fingerprint density at radius 2 is 2.24 bits per heavy atom. The van der Waals surface area contributed by atoms with E-state index in [1.807, 2.05) is 0 Å². The maximum absolute atomic E-state index is 12.1. The van der Waals surface area contributed by atoms with Crippen molar-refractivity contribution in [3.05, 3.63) is 34.2 Å². The molecule has 0 unspecified atom stereocenters. The quantitative estimate of drug-likeness (QED) is 0.613. The molecule has 130 valence electrons. The molecule has 0 aliphatic heterocycles. The summed E-state index contributed by atoms with van der Waals surface area (Å²) in [7, 11) is 0. The monoisotopic (exact) mass is 389 g/mol. The minimum atomic E-state index is -0.347. The molecule has 25 heavy (non-hydrogen) atoms. The van der Waals surface area contributed by atoms with E-state index in [9.17, 15) is 4.79 Å². The highest BCUT2D eigenvalue weighted by atomic mass is 32.2. The number of anilines is 2. The van der Waals surface area contributed by atoms with E-state index in [4.69, 9.17) is 10.7 Å². The summed E-state index contributed by atoms with van der Waals surface area (Å²) in [5.74, 6) is 0.312. The lowest BCUT2D eigenvalue weighted by atomic mass is 9.88. The summed E-state index contributed by atoms with van der Waals surface area (Å²) in [5.41, 5.74) is 8.52. The summed E-state index contributed by atoms with van der Waals surface area (Å²) < 4.78 is 1.14. The zero-order chi connectivity index (χ0) is 17.6. The average molecular weight is 390 g/mol. The van der Waals surface area contributed by atoms with Crippen LogP contribution in [0.5, 0.6) is 0 Å². The van der Waals surface area contributed by atoms with Crippen molar-refractivity contribution in [1.29, 1.82) is 0 Å². The van der Waals surface area contributed by atoms with Crippen molar-refractivity contribution in [3.63, 3.8) is 0 Å². The summed E-state index contributed by atoms with van der Waals surface area (Å²) in [6.45, 7) is 2.26. The van der Waals surface area contributed by atoms with Crippen molar-refractivity contribution in [2.75, 3.05) is 11.6 Å². The number of thiazole rings is 1. The van der Waals surface area contributed by atoms with E-state index in [1.54, 1.807) is 34.4 Å². The topological polar surface area (TPSA) is 68.0 Å². The predicted octanol–water partition coefficient (Wildman–Crippen LogP) is 5.05. The molecule has 0 fully saturated rings. The average Bonchev–Trinajstić information content (AvgIpc) is 3.14. The first kappa shape index (κ1) is 16.9. The molecule has 0 spiro atoms. The van der Waals surface area contributed by atoms with Gasteiger partial charge >= 0.3 is 0 Å². The zero-order valence-corrected chi connectivity index (χ0v) is 16.5. The van der Waals surface area contributed by atoms with Crippen LogP contribution in [-0.2, 0) is 12.8 Å². The van der Waals surface area contributed by atoms with Crippen LogP contribution in [0, 0.1) is 5.92 Å². The van der Waals surface area contributed by atoms with Gasteiger partial charge in [-0.1, -0.05) is 24.3 Å². The van der Waals surface area contributed by atoms with Crippen LogP contribution in [0.1, 0.15) is 34.1 Å². The standard InChI is InChI=1S/C18H19N3OS3/c1-9-6-7-10-13(8-9)24-17(14(10)16(19)22)21-18-20-15-11(23-2)4-3-5-12(15)25-18/h3-5,9H,6-8H2,1-2H3,(H2,19,22)(H,20,21)/t9-/m1/s1. The molecule has 7 heteroatoms. The number of thiophene rings is 1. The van der Waals surface area contributed by atoms with Crippen molar-refractivity contribution in [1.82, 2.24) is 4.98 Å². The Morgan fingerprint density at radius 3 is 3.00 bits per heavy atom. The van der Waals surface area contributed by atoms with Crippen LogP contribution in [0.2, 0.25) is 0 Å². The Bertz CT molecular complexity index is 960. The Labute approximate surface area is 158 Å². The second-order valence-electron chi connectivity index (χ2n) is 6.37. The molecule has 1 aromatic carbocycles. The van der Waals surface area contributed by atoms with Crippen molar-refractivity contribution in [3.8, 4) is 0 Å². The van der Waals surface area contributed by atoms with E-state index in [-0.39, 0.29) is 5.91 Å². The summed E-state index contributed by atoms with van der Waals surface area (Å²) in [4.78, 5) is 19.3. The number of amides is 1. The van der Waals surface area contributed by atoms with Gasteiger partial charge in [0, 0.05) is 9.77 Å². The number of nitrogens with two attached hydrogens (primary N) is 1. The molecule has 2 aromatic heterocycles. The lowest BCUT2D eigenvalue weighted by molar-refractivity contribution is 0.1000. The molecule has 3 aromatic rings. The molecule has 0 saturated carbocycles. The van der Waals surface area contributed by atoms with Crippen LogP contribution in [0.15, 0.2) is 23.1 Å². The number of nitrogens with one attached hydrogen (secondary N) is 1. The first-order valence-electron chi connectivity index (χ1n) is 8.21. The van der Waals surface area contributed by atoms with Gasteiger partial charge in [-0.05, 0) is 49.1 Å². The normalized spacial score (nSPS) is 16.8. The minimum absolute atomic E-state index is 0.347. The Hall–Kier alpha value is -1.57. The van der Waals surface area contributed by atoms with Crippen molar-refractivity contribution in [2.24, 2.45) is 11.7 Å². The number of nitrogens with zero attached hydrogens (tertiary/aromatic N) is 1. The number of thioether (sulfide) groups is 1. The van der Waals surface area contributed by atoms with Crippen LogP contribution in [0.3, 0.4) is 0 Å². The number of rotatable bonds is 4. The van der Waals surface area contributed by atoms with E-state index >= 15 is 0 Å². The number of carbonyl (C=O) groups excluding carboxylic acids is 1. The van der Waals surface area contributed by atoms with Crippen molar-refractivity contribution >= 4 is 60.7 Å². The van der Waals surface area contributed by atoms with Gasteiger partial charge in [-0.25, -0.2) is 4.98 Å². The van der Waals surface area contributed by atoms with Crippen molar-refractivity contribution in [2.45, 2.75) is 31.1 Å². The molecule has 4 rings (SSSR count). The van der Waals surface area contributed by atoms with Gasteiger partial charge in [-0.15, -0.1) is 23.1 Å². The maximum atomic E-state index is 12.1. The first-order valence-corrected chi connectivity index (χ1v) is 11.1. The molecule has 3 N–H and O–H groups in total. The number of hydrogen-bond donors (Lipinski definition) is 2. The fraction of sp³-hybridized carbons (Fsp3) is 0.333. The number of carbonyl (C=O) groups is 1. The second-order valence-corrected chi connectivity index (χ2v) is 9.36. The summed E-state index contributed by atoms with van der Waals surface area (Å²) in [5, 5.41) is 5.04. The lowest BCUT2D eigenvalue weighted by Gasteiger charge is -2.18. The minimum Gasteiger partial charge on any atom is -0.365 e. The highest BCUT2D eigenvalue weighted by Crippen LogP contribution is 2.42. The zero-order valence-electron chi connectivity index (χ0n) is 14.1. The van der Waals surface area contributed by atoms with Gasteiger partial charge in [0.25, 0.3) is 5.91 Å². The van der Waals surface area contributed by atoms with Crippen molar-refractivity contribution < 1.29 is 4.79 Å². The van der Waals surface area contributed by atoms with E-state index < -0.39 is 0 Å². The van der Waals surface area contributed by atoms with Gasteiger partial charge in [-0.3, -0.25) is 4.79 Å². The maximum Gasteiger partial charge on any atom is 0.251 e. The number of aromatic nitrogens is 1. The van der Waals surface area contributed by atoms with E-state index in [0.717, 1.165) is 50.1 Å². The molecular formula is C18H19N3OS3. The number of para-hydroxylation sites is 1. The van der Waals surface area contributed by atoms with Gasteiger partial charge in [0.05, 0.1) is 15.8 Å². The molecule has 2 heterocycles. The van der Waals surface area contributed by atoms with Crippen LogP contribution in [-0.4, -0.2) is 17.1 Å². The fourth-order valence-electron chi connectivity index (χ4n) is 3.34. The highest BCUT2D eigenvalue weighted by molar-refractivity contribution is 7.98. The Kier molecular flexibility index (Phi) is 4.47. The third-order valence-corrected chi connectivity index (χ3v) is 7.46. The molecule has 1 atom stereocenters. The summed E-state index contributed by atoms with van der Waals surface area (Å²) in [6, 6.07) is 6.21. The number of primary amides is 1. The van der Waals surface area contributed by atoms with Crippen LogP contribution < -0.4 is 11.1 Å². The lowest BCUT2D eigenvalue weighted by Crippen LogP contribution is -2.17. The molecule has 1 amide bonds. The molecule has 0 saturated heterocycles. The third kappa shape index (κ3) is 3.05. The Morgan fingerprint density at radius 1 is 1.40 bits per heavy atom. The second kappa shape index (κ2) is 6.63. The largest absolute Gasteiger partial charge is 0.365 e. The molecule has 0 bridgehead atoms. The van der Waals surface area contributed by atoms with Gasteiger partial charge in [0.1, 0.15) is 5.00 Å². The van der Waals surface area contributed by atoms with Crippen LogP contribution >= 0.6 is 34.4 Å². The molecule has 1 aliphatic carbocycles. The fourth-order valence-corrected chi connectivity index (χ4v) is 6.34. The highest BCUT2D eigenvalue weighted by Gasteiger charge is 2.27. The molecule has 0 radical (unpaired) electrons. The van der Waals surface area contributed by atoms with E-state index in [2.05, 4.69) is 36.7 Å². The van der Waals surface area contributed by atoms with E-state index in [0.29, 0.717) is 11.5 Å². The van der Waals surface area contributed by atoms with E-state index in [1.165, 1.54) is 4.88 Å². The van der Waals surface area contributed by atoms with Gasteiger partial charge in [0.15, 0.2) is 5.13 Å². The van der Waals surface area contributed by atoms with Gasteiger partial charge in [0.2, 0.25) is 0 Å². The SMILES string of the molecule is CSc1cccc2sc(Nc3sc4c(c3C(N)=O)CC[C@@H](C)C4)nc12. The third-order valence-electron chi connectivity index (χ3n) is 4.58. The number of hydrogen-bond acceptors (Lipinski definition) is 6. The van der Waals surface area contributed by atoms with Crippen LogP contribution in [0.25, 0.3) is 10.2 Å². The smallest absolute Gasteiger partial charge is 0.251 e. The Balaban J connectivity index is 1.75. The number of fused-ring (bicyclic) bond motifs is 2. The predicted molar refractivity (Wildman–Crippen MR) is 109 cm³/mol. The molecular weight excluding hydrogens is 370 g/mol. The number of benzene rings is 1. The molecule has 1 aliphatic rings. The first-order chi connectivity index (χ1) is 12.1. The van der Waals surface area contributed by atoms with Gasteiger partial charge in [-0.2, -0.15) is 0 Å². The molecule has 4 nitrogen and oxygen atoms in total.